The Morgan fingerprint density at radius 3 is 2.28 bits per heavy atom. The Morgan fingerprint density at radius 2 is 1.83 bits per heavy atom. The molecule has 0 saturated carbocycles. The quantitative estimate of drug-likeness (QED) is 0.925. The first-order valence-electron chi connectivity index (χ1n) is 6.03. The molecule has 2 N–H and O–H groups in total. The van der Waals surface area contributed by atoms with Crippen LogP contribution < -0.4 is 5.73 Å². The topological polar surface area (TPSA) is 43.8 Å². The number of halogens is 1. The van der Waals surface area contributed by atoms with Crippen molar-refractivity contribution in [1.29, 1.82) is 0 Å². The van der Waals surface area contributed by atoms with Gasteiger partial charge >= 0.3 is 0 Å². The third kappa shape index (κ3) is 2.57. The van der Waals surface area contributed by atoms with Crippen LogP contribution in [0.5, 0.6) is 0 Å². The predicted octanol–water partition coefficient (Wildman–Crippen LogP) is 3.09. The van der Waals surface area contributed by atoms with Crippen molar-refractivity contribution in [3.8, 4) is 0 Å². The van der Waals surface area contributed by atoms with Gasteiger partial charge < -0.3 is 5.73 Å². The number of nitrogens with zero attached hydrogens (tertiary/aromatic N) is 2. The molecule has 0 aliphatic heterocycles. The van der Waals surface area contributed by atoms with Gasteiger partial charge in [-0.15, -0.1) is 0 Å². The molecule has 0 aliphatic carbocycles. The second-order valence-corrected chi connectivity index (χ2v) is 5.16. The molecule has 0 spiro atoms. The summed E-state index contributed by atoms with van der Waals surface area (Å²) in [7, 11) is 0. The number of aryl methyl sites for hydroxylation is 2. The van der Waals surface area contributed by atoms with Gasteiger partial charge in [0.25, 0.3) is 0 Å². The van der Waals surface area contributed by atoms with Gasteiger partial charge in [0.2, 0.25) is 0 Å². The van der Waals surface area contributed by atoms with Crippen molar-refractivity contribution in [2.24, 2.45) is 5.73 Å². The van der Waals surface area contributed by atoms with Crippen LogP contribution in [0.25, 0.3) is 0 Å². The van der Waals surface area contributed by atoms with Crippen LogP contribution in [0.15, 0.2) is 30.3 Å². The Balaban J connectivity index is 2.46. The lowest BCUT2D eigenvalue weighted by molar-refractivity contribution is 0.443. The number of hydrogen-bond acceptors (Lipinski definition) is 2. The minimum Gasteiger partial charge on any atom is -0.326 e. The fourth-order valence-electron chi connectivity index (χ4n) is 2.26. The van der Waals surface area contributed by atoms with E-state index in [2.05, 4.69) is 11.2 Å². The van der Waals surface area contributed by atoms with Crippen molar-refractivity contribution in [3.05, 3.63) is 52.3 Å². The summed E-state index contributed by atoms with van der Waals surface area (Å²) in [6.07, 6.45) is 0. The summed E-state index contributed by atoms with van der Waals surface area (Å²) in [5, 5.41) is 5.27. The second-order valence-electron chi connectivity index (χ2n) is 4.73. The van der Waals surface area contributed by atoms with Crippen molar-refractivity contribution >= 4 is 11.6 Å². The van der Waals surface area contributed by atoms with Crippen molar-refractivity contribution in [1.82, 2.24) is 9.78 Å². The van der Waals surface area contributed by atoms with Gasteiger partial charge in [0.05, 0.1) is 11.7 Å². The summed E-state index contributed by atoms with van der Waals surface area (Å²) in [5.41, 5.74) is 9.37. The average molecular weight is 264 g/mol. The Labute approximate surface area is 113 Å². The van der Waals surface area contributed by atoms with Gasteiger partial charge in [0, 0.05) is 16.8 Å². The van der Waals surface area contributed by atoms with Gasteiger partial charge in [-0.3, -0.25) is 4.68 Å². The minimum atomic E-state index is -0.0239. The molecule has 2 rings (SSSR count). The monoisotopic (exact) mass is 263 g/mol. The molecule has 4 heteroatoms. The zero-order chi connectivity index (χ0) is 13.3. The molecule has 0 fully saturated rings. The minimum absolute atomic E-state index is 0.0239. The predicted molar refractivity (Wildman–Crippen MR) is 74.9 cm³/mol. The third-order valence-electron chi connectivity index (χ3n) is 3.02. The first kappa shape index (κ1) is 13.1. The number of rotatable bonds is 3. The summed E-state index contributed by atoms with van der Waals surface area (Å²) >= 11 is 5.92. The van der Waals surface area contributed by atoms with Gasteiger partial charge in [-0.05, 0) is 44.5 Å². The van der Waals surface area contributed by atoms with E-state index < -0.39 is 0 Å². The molecule has 0 aliphatic rings. The van der Waals surface area contributed by atoms with Gasteiger partial charge in [-0.25, -0.2) is 0 Å². The first-order valence-corrected chi connectivity index (χ1v) is 6.40. The van der Waals surface area contributed by atoms with Crippen LogP contribution in [-0.2, 0) is 0 Å². The van der Waals surface area contributed by atoms with Gasteiger partial charge in [-0.2, -0.15) is 5.10 Å². The van der Waals surface area contributed by atoms with Crippen molar-refractivity contribution in [2.45, 2.75) is 32.9 Å². The summed E-state index contributed by atoms with van der Waals surface area (Å²) < 4.78 is 1.99. The fraction of sp³-hybridized carbons (Fsp3) is 0.357. The molecule has 0 saturated heterocycles. The Hall–Kier alpha value is -1.32. The van der Waals surface area contributed by atoms with Crippen LogP contribution in [0.4, 0.5) is 0 Å². The van der Waals surface area contributed by atoms with E-state index in [0.717, 1.165) is 22.0 Å². The molecular weight excluding hydrogens is 246 g/mol. The zero-order valence-corrected chi connectivity index (χ0v) is 11.6. The highest BCUT2D eigenvalue weighted by Gasteiger charge is 2.20. The Kier molecular flexibility index (Phi) is 3.73. The van der Waals surface area contributed by atoms with Crippen LogP contribution in [0.2, 0.25) is 5.02 Å². The molecule has 2 unspecified atom stereocenters. The summed E-state index contributed by atoms with van der Waals surface area (Å²) in [6.45, 7) is 6.03. The lowest BCUT2D eigenvalue weighted by Gasteiger charge is -2.23. The summed E-state index contributed by atoms with van der Waals surface area (Å²) in [5.74, 6) is 0. The highest BCUT2D eigenvalue weighted by molar-refractivity contribution is 6.30. The molecule has 2 aromatic rings. The molecule has 1 heterocycles. The van der Waals surface area contributed by atoms with Gasteiger partial charge in [0.1, 0.15) is 0 Å². The molecule has 1 aromatic heterocycles. The second kappa shape index (κ2) is 5.12. The van der Waals surface area contributed by atoms with Crippen LogP contribution in [-0.4, -0.2) is 15.8 Å². The van der Waals surface area contributed by atoms with E-state index in [9.17, 15) is 0 Å². The number of benzene rings is 1. The highest BCUT2D eigenvalue weighted by atomic mass is 35.5. The number of nitrogens with two attached hydrogens (primary N) is 1. The number of aromatic nitrogens is 2. The summed E-state index contributed by atoms with van der Waals surface area (Å²) in [4.78, 5) is 0. The SMILES string of the molecule is Cc1cc(C)n(C(c2ccc(Cl)cc2)C(C)N)n1. The molecule has 96 valence electrons. The highest BCUT2D eigenvalue weighted by Crippen LogP contribution is 2.24. The molecule has 0 bridgehead atoms. The lowest BCUT2D eigenvalue weighted by atomic mass is 10.0. The summed E-state index contributed by atoms with van der Waals surface area (Å²) in [6, 6.07) is 9.86. The van der Waals surface area contributed by atoms with Gasteiger partial charge in [0.15, 0.2) is 0 Å². The molecule has 2 atom stereocenters. The normalized spacial score (nSPS) is 14.5. The molecule has 3 nitrogen and oxygen atoms in total. The van der Waals surface area contributed by atoms with Crippen LogP contribution in [0.1, 0.15) is 29.9 Å². The van der Waals surface area contributed by atoms with E-state index in [1.807, 2.05) is 49.7 Å². The van der Waals surface area contributed by atoms with Crippen LogP contribution >= 0.6 is 11.6 Å². The molecular formula is C14H18ClN3. The van der Waals surface area contributed by atoms with E-state index in [0.29, 0.717) is 0 Å². The Morgan fingerprint density at radius 1 is 1.22 bits per heavy atom. The van der Waals surface area contributed by atoms with Crippen LogP contribution in [0.3, 0.4) is 0 Å². The zero-order valence-electron chi connectivity index (χ0n) is 10.9. The molecule has 0 radical (unpaired) electrons. The van der Waals surface area contributed by atoms with E-state index in [4.69, 9.17) is 17.3 Å². The van der Waals surface area contributed by atoms with E-state index in [1.54, 1.807) is 0 Å². The first-order chi connectivity index (χ1) is 8.49. The molecule has 1 aromatic carbocycles. The largest absolute Gasteiger partial charge is 0.326 e. The Bertz CT molecular complexity index is 528. The van der Waals surface area contributed by atoms with E-state index >= 15 is 0 Å². The fourth-order valence-corrected chi connectivity index (χ4v) is 2.38. The molecule has 0 amide bonds. The van der Waals surface area contributed by atoms with E-state index in [1.165, 1.54) is 0 Å². The lowest BCUT2D eigenvalue weighted by Crippen LogP contribution is -2.31. The third-order valence-corrected chi connectivity index (χ3v) is 3.27. The number of hydrogen-bond donors (Lipinski definition) is 1. The average Bonchev–Trinajstić information content (AvgIpc) is 2.61. The maximum atomic E-state index is 6.12. The molecule has 18 heavy (non-hydrogen) atoms. The standard InChI is InChI=1S/C14H18ClN3/c1-9-8-10(2)18(17-9)14(11(3)16)12-4-6-13(15)7-5-12/h4-8,11,14H,16H2,1-3H3. The van der Waals surface area contributed by atoms with Gasteiger partial charge in [-0.1, -0.05) is 23.7 Å². The maximum Gasteiger partial charge on any atom is 0.0919 e. The van der Waals surface area contributed by atoms with Crippen molar-refractivity contribution < 1.29 is 0 Å². The van der Waals surface area contributed by atoms with Crippen molar-refractivity contribution in [2.75, 3.05) is 0 Å². The van der Waals surface area contributed by atoms with Crippen molar-refractivity contribution in [3.63, 3.8) is 0 Å². The maximum absolute atomic E-state index is 6.12. The van der Waals surface area contributed by atoms with E-state index in [-0.39, 0.29) is 12.1 Å². The smallest absolute Gasteiger partial charge is 0.0919 e. The van der Waals surface area contributed by atoms with Crippen LogP contribution in [0, 0.1) is 13.8 Å².